The van der Waals surface area contributed by atoms with Gasteiger partial charge >= 0.3 is 0 Å². The maximum Gasteiger partial charge on any atom is 0.118 e. The maximum absolute atomic E-state index is 5.18. The quantitative estimate of drug-likeness (QED) is 0.733. The van der Waals surface area contributed by atoms with Crippen molar-refractivity contribution in [3.05, 3.63) is 65.2 Å². The molecule has 2 rings (SSSR count). The highest BCUT2D eigenvalue weighted by Crippen LogP contribution is 2.33. The van der Waals surface area contributed by atoms with E-state index in [1.165, 1.54) is 0 Å². The molecule has 0 aliphatic carbocycles. The molecule has 0 unspecified atom stereocenters. The molecule has 0 amide bonds. The van der Waals surface area contributed by atoms with Gasteiger partial charge in [0.2, 0.25) is 0 Å². The first-order chi connectivity index (χ1) is 9.21. The largest absolute Gasteiger partial charge is 0.497 e. The fourth-order valence-corrected chi connectivity index (χ4v) is 2.57. The van der Waals surface area contributed by atoms with Gasteiger partial charge in [-0.3, -0.25) is 0 Å². The minimum absolute atomic E-state index is 0.852. The number of methoxy groups -OCH3 is 1. The van der Waals surface area contributed by atoms with Gasteiger partial charge in [0.1, 0.15) is 5.75 Å². The molecule has 0 atom stereocenters. The summed E-state index contributed by atoms with van der Waals surface area (Å²) in [5, 5.41) is 0. The summed E-state index contributed by atoms with van der Waals surface area (Å²) < 4.78 is 6.20. The van der Waals surface area contributed by atoms with Crippen LogP contribution in [0.5, 0.6) is 5.75 Å². The second-order valence-corrected chi connectivity index (χ2v) is 4.91. The van der Waals surface area contributed by atoms with Gasteiger partial charge in [0.15, 0.2) is 0 Å². The minimum atomic E-state index is 0.852. The summed E-state index contributed by atoms with van der Waals surface area (Å²) in [4.78, 5) is 0. The highest BCUT2D eigenvalue weighted by atomic mass is 79.9. The summed E-state index contributed by atoms with van der Waals surface area (Å²) in [7, 11) is 1.67. The molecule has 0 saturated carbocycles. The average Bonchev–Trinajstić information content (AvgIpc) is 2.47. The highest BCUT2D eigenvalue weighted by molar-refractivity contribution is 9.10. The van der Waals surface area contributed by atoms with E-state index in [2.05, 4.69) is 35.2 Å². The van der Waals surface area contributed by atoms with Crippen molar-refractivity contribution in [3.8, 4) is 16.9 Å². The zero-order valence-electron chi connectivity index (χ0n) is 10.8. The minimum Gasteiger partial charge on any atom is -0.497 e. The summed E-state index contributed by atoms with van der Waals surface area (Å²) in [5.74, 6) is 0.852. The zero-order chi connectivity index (χ0) is 13.8. The first kappa shape index (κ1) is 13.6. The zero-order valence-corrected chi connectivity index (χ0v) is 12.4. The summed E-state index contributed by atoms with van der Waals surface area (Å²) in [6, 6.07) is 12.1. The fraction of sp³-hybridized carbons (Fsp3) is 0.0588. The number of benzene rings is 2. The third-order valence-corrected chi connectivity index (χ3v) is 3.73. The van der Waals surface area contributed by atoms with Crippen molar-refractivity contribution in [2.75, 3.05) is 7.11 Å². The molecule has 0 aliphatic heterocycles. The third-order valence-electron chi connectivity index (χ3n) is 3.04. The van der Waals surface area contributed by atoms with Crippen molar-refractivity contribution < 1.29 is 4.74 Å². The first-order valence-corrected chi connectivity index (χ1v) is 6.72. The van der Waals surface area contributed by atoms with Gasteiger partial charge in [0.05, 0.1) is 7.11 Å². The summed E-state index contributed by atoms with van der Waals surface area (Å²) >= 11 is 3.54. The number of ether oxygens (including phenoxy) is 1. The number of rotatable bonds is 4. The Labute approximate surface area is 122 Å². The van der Waals surface area contributed by atoms with Gasteiger partial charge in [0.25, 0.3) is 0 Å². The molecule has 0 fully saturated rings. The lowest BCUT2D eigenvalue weighted by atomic mass is 9.95. The van der Waals surface area contributed by atoms with Gasteiger partial charge in [-0.05, 0) is 40.5 Å². The molecule has 19 heavy (non-hydrogen) atoms. The number of hydrogen-bond donors (Lipinski definition) is 0. The molecule has 0 bridgehead atoms. The molecule has 0 N–H and O–H groups in total. The monoisotopic (exact) mass is 314 g/mol. The van der Waals surface area contributed by atoms with Gasteiger partial charge in [-0.2, -0.15) is 0 Å². The molecule has 0 radical (unpaired) electrons. The Balaban J connectivity index is 2.61. The standard InChI is InChI=1S/C17H15BrO/c1-4-14-15(5-2)17(18)11-10-16(14)12-6-8-13(19-3)9-7-12/h4-11H,1-2H2,3H3. The van der Waals surface area contributed by atoms with Crippen LogP contribution in [0.15, 0.2) is 54.0 Å². The van der Waals surface area contributed by atoms with Crippen LogP contribution in [0.4, 0.5) is 0 Å². The molecule has 0 saturated heterocycles. The van der Waals surface area contributed by atoms with Crippen molar-refractivity contribution in [3.63, 3.8) is 0 Å². The lowest BCUT2D eigenvalue weighted by molar-refractivity contribution is 0.415. The first-order valence-electron chi connectivity index (χ1n) is 5.93. The Kier molecular flexibility index (Phi) is 4.23. The maximum atomic E-state index is 5.18. The van der Waals surface area contributed by atoms with Crippen LogP contribution in [0.3, 0.4) is 0 Å². The third kappa shape index (κ3) is 2.64. The van der Waals surface area contributed by atoms with Crippen molar-refractivity contribution in [1.29, 1.82) is 0 Å². The Morgan fingerprint density at radius 1 is 0.947 bits per heavy atom. The molecule has 2 heteroatoms. The van der Waals surface area contributed by atoms with E-state index >= 15 is 0 Å². The van der Waals surface area contributed by atoms with E-state index in [0.717, 1.165) is 32.5 Å². The smallest absolute Gasteiger partial charge is 0.118 e. The highest BCUT2D eigenvalue weighted by Gasteiger charge is 2.09. The summed E-state index contributed by atoms with van der Waals surface area (Å²) in [6.07, 6.45) is 3.70. The van der Waals surface area contributed by atoms with Crippen LogP contribution in [-0.2, 0) is 0 Å². The van der Waals surface area contributed by atoms with E-state index < -0.39 is 0 Å². The molecule has 96 valence electrons. The van der Waals surface area contributed by atoms with E-state index in [4.69, 9.17) is 4.74 Å². The predicted octanol–water partition coefficient (Wildman–Crippen LogP) is 5.41. The SMILES string of the molecule is C=Cc1c(Br)ccc(-c2ccc(OC)cc2)c1C=C. The van der Waals surface area contributed by atoms with Gasteiger partial charge in [0, 0.05) is 4.47 Å². The van der Waals surface area contributed by atoms with Gasteiger partial charge in [-0.15, -0.1) is 0 Å². The van der Waals surface area contributed by atoms with E-state index in [9.17, 15) is 0 Å². The molecular formula is C17H15BrO. The van der Waals surface area contributed by atoms with E-state index in [1.807, 2.05) is 42.5 Å². The van der Waals surface area contributed by atoms with Crippen LogP contribution in [0.1, 0.15) is 11.1 Å². The summed E-state index contributed by atoms with van der Waals surface area (Å²) in [6.45, 7) is 7.77. The average molecular weight is 315 g/mol. The van der Waals surface area contributed by atoms with Crippen LogP contribution in [0.2, 0.25) is 0 Å². The Morgan fingerprint density at radius 2 is 1.58 bits per heavy atom. The van der Waals surface area contributed by atoms with E-state index in [1.54, 1.807) is 7.11 Å². The molecule has 2 aromatic rings. The summed E-state index contributed by atoms with van der Waals surface area (Å²) in [5.41, 5.74) is 4.40. The van der Waals surface area contributed by atoms with Gasteiger partial charge < -0.3 is 4.74 Å². The predicted molar refractivity (Wildman–Crippen MR) is 86.3 cm³/mol. The Bertz CT molecular complexity index is 612. The van der Waals surface area contributed by atoms with Crippen molar-refractivity contribution in [1.82, 2.24) is 0 Å². The number of hydrogen-bond acceptors (Lipinski definition) is 1. The molecule has 0 aromatic heterocycles. The van der Waals surface area contributed by atoms with E-state index in [-0.39, 0.29) is 0 Å². The fourth-order valence-electron chi connectivity index (χ4n) is 2.06. The Morgan fingerprint density at radius 3 is 2.11 bits per heavy atom. The molecular weight excluding hydrogens is 300 g/mol. The molecule has 0 aliphatic rings. The van der Waals surface area contributed by atoms with Crippen LogP contribution < -0.4 is 4.74 Å². The van der Waals surface area contributed by atoms with Crippen molar-refractivity contribution in [2.45, 2.75) is 0 Å². The van der Waals surface area contributed by atoms with Gasteiger partial charge in [-0.25, -0.2) is 0 Å². The van der Waals surface area contributed by atoms with Crippen LogP contribution in [-0.4, -0.2) is 7.11 Å². The topological polar surface area (TPSA) is 9.23 Å². The molecule has 1 nitrogen and oxygen atoms in total. The normalized spacial score (nSPS) is 10.0. The van der Waals surface area contributed by atoms with Crippen LogP contribution in [0.25, 0.3) is 23.3 Å². The lowest BCUT2D eigenvalue weighted by Gasteiger charge is -2.12. The lowest BCUT2D eigenvalue weighted by Crippen LogP contribution is -1.89. The van der Waals surface area contributed by atoms with Crippen molar-refractivity contribution in [2.24, 2.45) is 0 Å². The molecule has 2 aromatic carbocycles. The second-order valence-electron chi connectivity index (χ2n) is 4.06. The second kappa shape index (κ2) is 5.89. The van der Waals surface area contributed by atoms with Gasteiger partial charge in [-0.1, -0.05) is 59.4 Å². The van der Waals surface area contributed by atoms with E-state index in [0.29, 0.717) is 0 Å². The van der Waals surface area contributed by atoms with Crippen LogP contribution in [0, 0.1) is 0 Å². The number of halogens is 1. The van der Waals surface area contributed by atoms with Crippen LogP contribution >= 0.6 is 15.9 Å². The Hall–Kier alpha value is -1.80. The van der Waals surface area contributed by atoms with Crippen molar-refractivity contribution >= 4 is 28.1 Å². The molecule has 0 heterocycles. The molecule has 0 spiro atoms.